The Morgan fingerprint density at radius 2 is 1.71 bits per heavy atom. The molecule has 12 heteroatoms. The second-order valence-electron chi connectivity index (χ2n) is 10.4. The predicted octanol–water partition coefficient (Wildman–Crippen LogP) is 3.18. The third-order valence-electron chi connectivity index (χ3n) is 7.08. The van der Waals surface area contributed by atoms with Crippen molar-refractivity contribution in [3.8, 4) is 11.3 Å². The molecule has 0 aliphatic carbocycles. The Hall–Kier alpha value is -4.48. The summed E-state index contributed by atoms with van der Waals surface area (Å²) in [5.41, 5.74) is 10.2. The molecule has 4 rings (SSSR count). The van der Waals surface area contributed by atoms with E-state index in [1.807, 2.05) is 43.3 Å². The van der Waals surface area contributed by atoms with Crippen LogP contribution in [0.15, 0.2) is 54.4 Å². The summed E-state index contributed by atoms with van der Waals surface area (Å²) in [7, 11) is 5.44. The van der Waals surface area contributed by atoms with Gasteiger partial charge in [-0.2, -0.15) is 0 Å². The molecular formula is C30H35ClN8O3. The van der Waals surface area contributed by atoms with Crippen molar-refractivity contribution < 1.29 is 14.4 Å². The first-order chi connectivity index (χ1) is 20.0. The lowest BCUT2D eigenvalue weighted by Gasteiger charge is -2.35. The van der Waals surface area contributed by atoms with E-state index in [2.05, 4.69) is 10.3 Å². The van der Waals surface area contributed by atoms with E-state index in [9.17, 15) is 14.4 Å². The molecule has 0 saturated carbocycles. The maximum absolute atomic E-state index is 13.1. The number of likely N-dealkylation sites (N-methyl/N-ethyl adjacent to an activating group) is 1. The number of anilines is 1. The Morgan fingerprint density at radius 1 is 1.07 bits per heavy atom. The van der Waals surface area contributed by atoms with Gasteiger partial charge in [-0.1, -0.05) is 35.9 Å². The number of piperazine rings is 1. The zero-order chi connectivity index (χ0) is 30.6. The van der Waals surface area contributed by atoms with Gasteiger partial charge in [0.15, 0.2) is 5.82 Å². The third-order valence-corrected chi connectivity index (χ3v) is 7.39. The molecule has 11 nitrogen and oxygen atoms in total. The highest BCUT2D eigenvalue weighted by molar-refractivity contribution is 6.34. The van der Waals surface area contributed by atoms with Gasteiger partial charge in [-0.15, -0.1) is 0 Å². The number of allylic oxidation sites excluding steroid dienone is 2. The maximum atomic E-state index is 13.1. The molecule has 1 aromatic heterocycles. The number of halogens is 1. The summed E-state index contributed by atoms with van der Waals surface area (Å²) in [5, 5.41) is 10.6. The predicted molar refractivity (Wildman–Crippen MR) is 165 cm³/mol. The fourth-order valence-electron chi connectivity index (χ4n) is 4.79. The monoisotopic (exact) mass is 590 g/mol. The lowest BCUT2D eigenvalue weighted by atomic mass is 10.0. The minimum Gasteiger partial charge on any atom is -0.402 e. The Morgan fingerprint density at radius 3 is 2.29 bits per heavy atom. The summed E-state index contributed by atoms with van der Waals surface area (Å²) >= 11 is 6.47. The highest BCUT2D eigenvalue weighted by atomic mass is 35.5. The first-order valence-corrected chi connectivity index (χ1v) is 13.8. The number of carbonyl (C=O) groups is 3. The van der Waals surface area contributed by atoms with Crippen LogP contribution in [-0.2, 0) is 11.8 Å². The van der Waals surface area contributed by atoms with Gasteiger partial charge in [0.2, 0.25) is 5.91 Å². The molecule has 2 heterocycles. The second kappa shape index (κ2) is 13.0. The summed E-state index contributed by atoms with van der Waals surface area (Å²) < 4.78 is 1.69. The number of nitrogens with zero attached hydrogens (tertiary/aromatic N) is 5. The van der Waals surface area contributed by atoms with Gasteiger partial charge >= 0.3 is 0 Å². The number of hydrogen-bond donors (Lipinski definition) is 3. The number of benzene rings is 2. The van der Waals surface area contributed by atoms with E-state index in [1.54, 1.807) is 52.7 Å². The smallest absolute Gasteiger partial charge is 0.291 e. The second-order valence-corrected chi connectivity index (χ2v) is 10.8. The molecule has 0 radical (unpaired) electrons. The Bertz CT molecular complexity index is 1530. The van der Waals surface area contributed by atoms with Gasteiger partial charge in [0, 0.05) is 56.4 Å². The molecule has 0 atom stereocenters. The van der Waals surface area contributed by atoms with E-state index >= 15 is 0 Å². The lowest BCUT2D eigenvalue weighted by molar-refractivity contribution is -0.133. The van der Waals surface area contributed by atoms with E-state index in [0.29, 0.717) is 55.2 Å². The lowest BCUT2D eigenvalue weighted by Crippen LogP contribution is -2.52. The fraction of sp³-hybridized carbons (Fsp3) is 0.300. The van der Waals surface area contributed by atoms with Crippen LogP contribution < -0.4 is 11.1 Å². The topological polar surface area (TPSA) is 141 Å². The van der Waals surface area contributed by atoms with Crippen LogP contribution in [0.25, 0.3) is 16.8 Å². The molecule has 1 fully saturated rings. The highest BCUT2D eigenvalue weighted by Gasteiger charge is 2.26. The van der Waals surface area contributed by atoms with Crippen molar-refractivity contribution in [2.45, 2.75) is 6.92 Å². The number of aromatic nitrogens is 2. The van der Waals surface area contributed by atoms with Crippen molar-refractivity contribution in [2.75, 3.05) is 52.1 Å². The molecule has 1 saturated heterocycles. The van der Waals surface area contributed by atoms with Gasteiger partial charge < -0.3 is 35.7 Å². The number of hydrogen-bond acceptors (Lipinski definition) is 7. The van der Waals surface area contributed by atoms with Gasteiger partial charge in [0.05, 0.1) is 29.0 Å². The summed E-state index contributed by atoms with van der Waals surface area (Å²) in [5.74, 6) is -0.412. The van der Waals surface area contributed by atoms with E-state index in [0.717, 1.165) is 16.8 Å². The summed E-state index contributed by atoms with van der Waals surface area (Å²) in [6.07, 6.45) is 2.84. The number of carbonyl (C=O) groups excluding carboxylic acids is 3. The maximum Gasteiger partial charge on any atom is 0.291 e. The largest absolute Gasteiger partial charge is 0.402 e. The Labute approximate surface area is 250 Å². The molecule has 1 aliphatic rings. The molecule has 1 aliphatic heterocycles. The molecule has 0 unspecified atom stereocenters. The van der Waals surface area contributed by atoms with Crippen molar-refractivity contribution >= 4 is 46.8 Å². The fourth-order valence-corrected chi connectivity index (χ4v) is 5.05. The highest BCUT2D eigenvalue weighted by Crippen LogP contribution is 2.26. The van der Waals surface area contributed by atoms with Crippen LogP contribution >= 0.6 is 11.6 Å². The third kappa shape index (κ3) is 6.69. The number of nitrogens with two attached hydrogens (primary N) is 1. The number of amides is 3. The van der Waals surface area contributed by atoms with E-state index in [1.165, 1.54) is 6.21 Å². The molecule has 4 N–H and O–H groups in total. The molecule has 3 amide bonds. The van der Waals surface area contributed by atoms with Crippen molar-refractivity contribution in [1.82, 2.24) is 24.3 Å². The molecule has 2 aromatic carbocycles. The minimum atomic E-state index is -0.429. The average molecular weight is 591 g/mol. The summed E-state index contributed by atoms with van der Waals surface area (Å²) in [4.78, 5) is 48.1. The normalized spacial score (nSPS) is 14.0. The van der Waals surface area contributed by atoms with Gasteiger partial charge in [0.1, 0.15) is 0 Å². The van der Waals surface area contributed by atoms with E-state index < -0.39 is 5.91 Å². The van der Waals surface area contributed by atoms with Gasteiger partial charge in [-0.25, -0.2) is 4.98 Å². The average Bonchev–Trinajstić information content (AvgIpc) is 3.34. The molecule has 0 spiro atoms. The number of nitrogens with one attached hydrogen (secondary N) is 2. The molecule has 3 aromatic rings. The van der Waals surface area contributed by atoms with E-state index in [-0.39, 0.29) is 22.7 Å². The summed E-state index contributed by atoms with van der Waals surface area (Å²) in [6, 6.07) is 12.3. The minimum absolute atomic E-state index is 0.0376. The SMILES string of the molecule is C/C(N)=C(/C=N)c1ccc(-c2cnc(C(=O)Nc3ccc(C(=O)N4CCN(C(=O)CN(C)C)CC4)c(Cl)c3)n2C)cc1. The molecular weight excluding hydrogens is 556 g/mol. The zero-order valence-corrected chi connectivity index (χ0v) is 24.9. The molecule has 0 bridgehead atoms. The van der Waals surface area contributed by atoms with Crippen LogP contribution in [-0.4, -0.2) is 95.0 Å². The van der Waals surface area contributed by atoms with Gasteiger partial charge in [-0.3, -0.25) is 14.4 Å². The first-order valence-electron chi connectivity index (χ1n) is 13.4. The van der Waals surface area contributed by atoms with Crippen LogP contribution in [0.1, 0.15) is 33.5 Å². The van der Waals surface area contributed by atoms with Gasteiger partial charge in [0.25, 0.3) is 11.8 Å². The molecule has 42 heavy (non-hydrogen) atoms. The Balaban J connectivity index is 1.41. The first kappa shape index (κ1) is 30.5. The van der Waals surface area contributed by atoms with Crippen molar-refractivity contribution in [2.24, 2.45) is 12.8 Å². The van der Waals surface area contributed by atoms with Crippen LogP contribution in [0.3, 0.4) is 0 Å². The number of rotatable bonds is 8. The van der Waals surface area contributed by atoms with E-state index in [4.69, 9.17) is 22.7 Å². The zero-order valence-electron chi connectivity index (χ0n) is 24.1. The van der Waals surface area contributed by atoms with Crippen LogP contribution in [0, 0.1) is 5.41 Å². The van der Waals surface area contributed by atoms with Crippen LogP contribution in [0.4, 0.5) is 5.69 Å². The van der Waals surface area contributed by atoms with Gasteiger partial charge in [-0.05, 0) is 50.3 Å². The summed E-state index contributed by atoms with van der Waals surface area (Å²) in [6.45, 7) is 3.86. The Kier molecular flexibility index (Phi) is 9.44. The van der Waals surface area contributed by atoms with Crippen LogP contribution in [0.2, 0.25) is 5.02 Å². The molecule has 220 valence electrons. The van der Waals surface area contributed by atoms with Crippen LogP contribution in [0.5, 0.6) is 0 Å². The number of imidazole rings is 1. The quantitative estimate of drug-likeness (QED) is 0.344. The standard InChI is InChI=1S/C30H35ClN8O3/c1-19(33)24(16-32)20-5-7-21(8-6-20)26-17-34-28(37(26)4)29(41)35-22-9-10-23(25(31)15-22)30(42)39-13-11-38(12-14-39)27(40)18-36(2)3/h5-10,15-17,32H,11-14,18,33H2,1-4H3,(H,35,41)/b24-19+,32-16?. The van der Waals surface area contributed by atoms with Crippen molar-refractivity contribution in [3.63, 3.8) is 0 Å². The van der Waals surface area contributed by atoms with Crippen molar-refractivity contribution in [1.29, 1.82) is 5.41 Å². The van der Waals surface area contributed by atoms with Crippen molar-refractivity contribution in [3.05, 3.63) is 76.3 Å².